The predicted octanol–water partition coefficient (Wildman–Crippen LogP) is 4.75. The zero-order valence-corrected chi connectivity index (χ0v) is 21.1. The molecule has 10 nitrogen and oxygen atoms in total. The summed E-state index contributed by atoms with van der Waals surface area (Å²) in [6.07, 6.45) is 4.80. The number of hydrogen-bond donors (Lipinski definition) is 2. The number of nitrogens with two attached hydrogens (primary N) is 1. The number of aromatic nitrogens is 6. The third-order valence-electron chi connectivity index (χ3n) is 5.36. The van der Waals surface area contributed by atoms with Gasteiger partial charge in [0.25, 0.3) is 0 Å². The summed E-state index contributed by atoms with van der Waals surface area (Å²) >= 11 is 6.11. The molecule has 0 saturated heterocycles. The lowest BCUT2D eigenvalue weighted by atomic mass is 10.1. The van der Waals surface area contributed by atoms with Crippen LogP contribution >= 0.6 is 11.6 Å². The van der Waals surface area contributed by atoms with Gasteiger partial charge in [-0.2, -0.15) is 13.9 Å². The van der Waals surface area contributed by atoms with Gasteiger partial charge in [-0.15, -0.1) is 0 Å². The summed E-state index contributed by atoms with van der Waals surface area (Å²) in [7, 11) is 1.79. The summed E-state index contributed by atoms with van der Waals surface area (Å²) in [6, 6.07) is 6.28. The second kappa shape index (κ2) is 11.3. The summed E-state index contributed by atoms with van der Waals surface area (Å²) in [5.41, 5.74) is 9.11. The number of nitrogen functional groups attached to an aromatic ring is 1. The first-order chi connectivity index (χ1) is 17.7. The van der Waals surface area contributed by atoms with Crippen LogP contribution in [-0.2, 0) is 7.05 Å². The van der Waals surface area contributed by atoms with E-state index in [9.17, 15) is 8.78 Å². The minimum Gasteiger partial charge on any atom is -0.474 e. The summed E-state index contributed by atoms with van der Waals surface area (Å²) in [6.45, 7) is 1.41. The second-order valence-electron chi connectivity index (χ2n) is 8.15. The van der Waals surface area contributed by atoms with E-state index in [1.165, 1.54) is 12.3 Å². The van der Waals surface area contributed by atoms with Crippen molar-refractivity contribution in [2.24, 2.45) is 7.05 Å². The van der Waals surface area contributed by atoms with Crippen LogP contribution in [0.4, 0.5) is 20.3 Å². The standard InChI is InChI=1S/C24H25ClF2N8O2/c1-13(36-23-21(14(2)34-35(23)3)22-30-9-7-20(28)33-22)6-8-29-18-10-19(25)32-12-16(18)17-5-4-15(11-31-17)37-24(26)27/h4-5,7,9-13,24H,6,8H2,1-3H3,(H,29,32)(H2,28,30,33)/t13-/m0/s1. The van der Waals surface area contributed by atoms with E-state index in [2.05, 4.69) is 35.1 Å². The Labute approximate surface area is 216 Å². The summed E-state index contributed by atoms with van der Waals surface area (Å²) in [5.74, 6) is 1.31. The molecule has 0 spiro atoms. The van der Waals surface area contributed by atoms with Gasteiger partial charge in [-0.1, -0.05) is 11.6 Å². The zero-order valence-electron chi connectivity index (χ0n) is 20.3. The van der Waals surface area contributed by atoms with Crippen LogP contribution in [0.5, 0.6) is 11.6 Å². The Morgan fingerprint density at radius 1 is 1.14 bits per heavy atom. The maximum Gasteiger partial charge on any atom is 0.387 e. The fourth-order valence-electron chi connectivity index (χ4n) is 3.67. The van der Waals surface area contributed by atoms with Crippen molar-refractivity contribution in [3.05, 3.63) is 53.7 Å². The van der Waals surface area contributed by atoms with Gasteiger partial charge in [0.05, 0.1) is 23.7 Å². The van der Waals surface area contributed by atoms with Crippen molar-refractivity contribution in [2.75, 3.05) is 17.6 Å². The lowest BCUT2D eigenvalue weighted by Crippen LogP contribution is -2.19. The van der Waals surface area contributed by atoms with Crippen molar-refractivity contribution < 1.29 is 18.3 Å². The maximum absolute atomic E-state index is 12.4. The number of nitrogens with zero attached hydrogens (tertiary/aromatic N) is 6. The maximum atomic E-state index is 12.4. The summed E-state index contributed by atoms with van der Waals surface area (Å²) < 4.78 is 37.1. The molecule has 3 N–H and O–H groups in total. The average molecular weight is 531 g/mol. The molecule has 0 aliphatic heterocycles. The SMILES string of the molecule is Cc1nn(C)c(O[C@@H](C)CCNc2cc(Cl)ncc2-c2ccc(OC(F)F)cn2)c1-c1nccc(N)n1. The van der Waals surface area contributed by atoms with Gasteiger partial charge in [0.2, 0.25) is 5.88 Å². The molecule has 4 aromatic rings. The van der Waals surface area contributed by atoms with Crippen LogP contribution in [-0.4, -0.2) is 49.0 Å². The first kappa shape index (κ1) is 26.0. The Morgan fingerprint density at radius 3 is 2.65 bits per heavy atom. The van der Waals surface area contributed by atoms with Crippen LogP contribution < -0.4 is 20.5 Å². The minimum atomic E-state index is -2.92. The third kappa shape index (κ3) is 6.39. The van der Waals surface area contributed by atoms with Gasteiger partial charge in [-0.3, -0.25) is 4.98 Å². The monoisotopic (exact) mass is 530 g/mol. The van der Waals surface area contributed by atoms with Gasteiger partial charge in [0, 0.05) is 43.7 Å². The van der Waals surface area contributed by atoms with Crippen LogP contribution in [0.2, 0.25) is 5.15 Å². The number of hydrogen-bond acceptors (Lipinski definition) is 9. The lowest BCUT2D eigenvalue weighted by Gasteiger charge is -2.17. The molecule has 194 valence electrons. The number of ether oxygens (including phenoxy) is 2. The Kier molecular flexibility index (Phi) is 7.97. The van der Waals surface area contributed by atoms with Crippen molar-refractivity contribution in [1.82, 2.24) is 29.7 Å². The van der Waals surface area contributed by atoms with Crippen molar-refractivity contribution in [3.63, 3.8) is 0 Å². The highest BCUT2D eigenvalue weighted by Gasteiger charge is 2.21. The molecule has 37 heavy (non-hydrogen) atoms. The highest BCUT2D eigenvalue weighted by molar-refractivity contribution is 6.29. The molecular weight excluding hydrogens is 506 g/mol. The number of aryl methyl sites for hydroxylation is 2. The number of rotatable bonds is 10. The van der Waals surface area contributed by atoms with E-state index in [4.69, 9.17) is 22.1 Å². The topological polar surface area (TPSA) is 126 Å². The van der Waals surface area contributed by atoms with Gasteiger partial charge >= 0.3 is 6.61 Å². The fraction of sp³-hybridized carbons (Fsp3) is 0.292. The quantitative estimate of drug-likeness (QED) is 0.279. The van der Waals surface area contributed by atoms with E-state index in [1.54, 1.807) is 42.3 Å². The van der Waals surface area contributed by atoms with Crippen molar-refractivity contribution in [2.45, 2.75) is 33.0 Å². The molecule has 1 atom stereocenters. The number of nitrogens with one attached hydrogen (secondary N) is 1. The van der Waals surface area contributed by atoms with Gasteiger partial charge in [0.1, 0.15) is 22.3 Å². The molecule has 0 aromatic carbocycles. The Balaban J connectivity index is 1.44. The van der Waals surface area contributed by atoms with E-state index >= 15 is 0 Å². The predicted molar refractivity (Wildman–Crippen MR) is 136 cm³/mol. The fourth-order valence-corrected chi connectivity index (χ4v) is 3.83. The molecule has 0 aliphatic carbocycles. The molecule has 4 rings (SSSR count). The highest BCUT2D eigenvalue weighted by atomic mass is 35.5. The minimum absolute atomic E-state index is 0.0329. The van der Waals surface area contributed by atoms with Crippen molar-refractivity contribution >= 4 is 23.1 Å². The third-order valence-corrected chi connectivity index (χ3v) is 5.56. The van der Waals surface area contributed by atoms with Crippen LogP contribution in [0.1, 0.15) is 19.0 Å². The summed E-state index contributed by atoms with van der Waals surface area (Å²) in [5, 5.41) is 8.08. The van der Waals surface area contributed by atoms with E-state index in [-0.39, 0.29) is 11.9 Å². The molecule has 0 radical (unpaired) electrons. The summed E-state index contributed by atoms with van der Waals surface area (Å²) in [4.78, 5) is 17.0. The van der Waals surface area contributed by atoms with E-state index in [0.29, 0.717) is 58.1 Å². The molecule has 0 bridgehead atoms. The zero-order chi connectivity index (χ0) is 26.5. The van der Waals surface area contributed by atoms with Gasteiger partial charge < -0.3 is 20.5 Å². The second-order valence-corrected chi connectivity index (χ2v) is 8.54. The Morgan fingerprint density at radius 2 is 1.95 bits per heavy atom. The van der Waals surface area contributed by atoms with Crippen LogP contribution in [0.15, 0.2) is 42.9 Å². The van der Waals surface area contributed by atoms with Gasteiger partial charge in [-0.05, 0) is 38.1 Å². The Bertz CT molecular complexity index is 1370. The number of pyridine rings is 2. The van der Waals surface area contributed by atoms with Crippen LogP contribution in [0.25, 0.3) is 22.6 Å². The molecule has 0 unspecified atom stereocenters. The molecular formula is C24H25ClF2N8O2. The average Bonchev–Trinajstić information content (AvgIpc) is 3.12. The van der Waals surface area contributed by atoms with E-state index < -0.39 is 6.61 Å². The number of alkyl halides is 2. The molecule has 4 heterocycles. The molecule has 4 aromatic heterocycles. The normalized spacial score (nSPS) is 12.0. The first-order valence-corrected chi connectivity index (χ1v) is 11.7. The van der Waals surface area contributed by atoms with Crippen molar-refractivity contribution in [1.29, 1.82) is 0 Å². The van der Waals surface area contributed by atoms with Gasteiger partial charge in [-0.25, -0.2) is 19.6 Å². The molecule has 0 amide bonds. The van der Waals surface area contributed by atoms with E-state index in [0.717, 1.165) is 5.69 Å². The Hall–Kier alpha value is -4.06. The lowest BCUT2D eigenvalue weighted by molar-refractivity contribution is -0.0500. The molecule has 13 heteroatoms. The van der Waals surface area contributed by atoms with Crippen molar-refractivity contribution in [3.8, 4) is 34.3 Å². The van der Waals surface area contributed by atoms with Crippen LogP contribution in [0, 0.1) is 6.92 Å². The van der Waals surface area contributed by atoms with Gasteiger partial charge in [0.15, 0.2) is 5.82 Å². The first-order valence-electron chi connectivity index (χ1n) is 11.3. The largest absolute Gasteiger partial charge is 0.474 e. The smallest absolute Gasteiger partial charge is 0.387 e. The van der Waals surface area contributed by atoms with E-state index in [1.807, 2.05) is 13.8 Å². The van der Waals surface area contributed by atoms with Crippen LogP contribution in [0.3, 0.4) is 0 Å². The number of anilines is 2. The number of halogens is 3. The molecule has 0 fully saturated rings. The highest BCUT2D eigenvalue weighted by Crippen LogP contribution is 2.32. The molecule has 0 saturated carbocycles. The molecule has 0 aliphatic rings.